The first kappa shape index (κ1) is 32.5. The van der Waals surface area contributed by atoms with Crippen LogP contribution in [-0.4, -0.2) is 61.7 Å². The molecule has 234 valence electrons. The first-order chi connectivity index (χ1) is 21.1. The van der Waals surface area contributed by atoms with E-state index in [1.54, 1.807) is 29.7 Å². The summed E-state index contributed by atoms with van der Waals surface area (Å²) < 4.78 is 41.6. The van der Waals surface area contributed by atoms with Crippen LogP contribution in [0.15, 0.2) is 79.4 Å². The van der Waals surface area contributed by atoms with Crippen molar-refractivity contribution in [3.05, 3.63) is 108 Å². The van der Waals surface area contributed by atoms with E-state index in [1.165, 1.54) is 23.4 Å². The first-order valence-corrected chi connectivity index (χ1v) is 14.3. The third-order valence-electron chi connectivity index (χ3n) is 7.07. The summed E-state index contributed by atoms with van der Waals surface area (Å²) in [5.74, 6) is -0.653. The molecular weight excluding hydrogens is 572 g/mol. The SMILES string of the molecule is CC(C)N(Cc1ccc(OCCCOc2ccc(CC(=O)NO)cc2)cc1)CC(O)(Cn1cncn1)c1ccc(F)cc1F. The Kier molecular flexibility index (Phi) is 11.4. The lowest BCUT2D eigenvalue weighted by molar-refractivity contribution is -0.128. The molecule has 44 heavy (non-hydrogen) atoms. The van der Waals surface area contributed by atoms with E-state index in [0.29, 0.717) is 37.7 Å². The summed E-state index contributed by atoms with van der Waals surface area (Å²) in [6.07, 6.45) is 3.52. The lowest BCUT2D eigenvalue weighted by Crippen LogP contribution is -2.46. The third-order valence-corrected chi connectivity index (χ3v) is 7.07. The van der Waals surface area contributed by atoms with Gasteiger partial charge in [0.25, 0.3) is 0 Å². The summed E-state index contributed by atoms with van der Waals surface area (Å²) in [5, 5.41) is 24.5. The zero-order valence-electron chi connectivity index (χ0n) is 24.7. The zero-order chi connectivity index (χ0) is 31.5. The van der Waals surface area contributed by atoms with Crippen LogP contribution in [-0.2, 0) is 29.9 Å². The molecule has 0 bridgehead atoms. The van der Waals surface area contributed by atoms with Gasteiger partial charge in [0.05, 0.1) is 26.2 Å². The van der Waals surface area contributed by atoms with Crippen LogP contribution in [0.3, 0.4) is 0 Å². The van der Waals surface area contributed by atoms with Crippen LogP contribution >= 0.6 is 0 Å². The number of ether oxygens (including phenoxy) is 2. The predicted octanol–water partition coefficient (Wildman–Crippen LogP) is 4.25. The number of carbonyl (C=O) groups is 1. The van der Waals surface area contributed by atoms with E-state index in [-0.39, 0.29) is 31.1 Å². The van der Waals surface area contributed by atoms with Crippen molar-refractivity contribution in [3.8, 4) is 11.5 Å². The van der Waals surface area contributed by atoms with Crippen LogP contribution in [0.1, 0.15) is 37.0 Å². The number of halogens is 2. The maximum Gasteiger partial charge on any atom is 0.247 e. The molecule has 12 heteroatoms. The Hall–Kier alpha value is -4.39. The summed E-state index contributed by atoms with van der Waals surface area (Å²) in [6, 6.07) is 17.9. The quantitative estimate of drug-likeness (QED) is 0.0980. The minimum atomic E-state index is -1.71. The van der Waals surface area contributed by atoms with Crippen LogP contribution in [0.4, 0.5) is 8.78 Å². The Bertz CT molecular complexity index is 1470. The molecule has 4 aromatic rings. The predicted molar refractivity (Wildman–Crippen MR) is 158 cm³/mol. The van der Waals surface area contributed by atoms with Gasteiger partial charge in [-0.3, -0.25) is 14.9 Å². The maximum atomic E-state index is 14.9. The van der Waals surface area contributed by atoms with Gasteiger partial charge in [-0.1, -0.05) is 30.3 Å². The molecule has 1 amide bonds. The van der Waals surface area contributed by atoms with Crippen molar-refractivity contribution in [2.45, 2.75) is 51.4 Å². The number of nitrogens with zero attached hydrogens (tertiary/aromatic N) is 4. The monoisotopic (exact) mass is 609 g/mol. The van der Waals surface area contributed by atoms with E-state index < -0.39 is 23.1 Å². The van der Waals surface area contributed by atoms with Crippen molar-refractivity contribution >= 4 is 5.91 Å². The Morgan fingerprint density at radius 1 is 1.00 bits per heavy atom. The molecule has 10 nitrogen and oxygen atoms in total. The van der Waals surface area contributed by atoms with Crippen LogP contribution in [0.5, 0.6) is 11.5 Å². The maximum absolute atomic E-state index is 14.9. The van der Waals surface area contributed by atoms with Crippen molar-refractivity contribution in [2.24, 2.45) is 0 Å². The summed E-state index contributed by atoms with van der Waals surface area (Å²) in [7, 11) is 0. The number of benzene rings is 3. The fraction of sp³-hybridized carbons (Fsp3) is 0.344. The van der Waals surface area contributed by atoms with Gasteiger partial charge < -0.3 is 14.6 Å². The fourth-order valence-corrected chi connectivity index (χ4v) is 4.72. The van der Waals surface area contributed by atoms with Gasteiger partial charge in [0.1, 0.15) is 41.4 Å². The van der Waals surface area contributed by atoms with Gasteiger partial charge in [0, 0.05) is 37.2 Å². The number of hydrogen-bond donors (Lipinski definition) is 3. The number of rotatable bonds is 16. The highest BCUT2D eigenvalue weighted by atomic mass is 19.1. The Balaban J connectivity index is 1.30. The molecule has 4 rings (SSSR count). The standard InChI is InChI=1S/C32H37F2N5O5/c1-23(2)38(19-32(41,20-39-22-35-21-36-39)29-13-8-26(33)17-30(29)34)18-25-6-11-28(12-7-25)44-15-3-14-43-27-9-4-24(5-10-27)16-31(40)37-42/h4-13,17,21-23,41-42H,3,14-16,18-20H2,1-2H3,(H,37,40). The van der Waals surface area contributed by atoms with Crippen molar-refractivity contribution in [3.63, 3.8) is 0 Å². The van der Waals surface area contributed by atoms with Gasteiger partial charge in [-0.2, -0.15) is 5.10 Å². The molecule has 0 fully saturated rings. The topological polar surface area (TPSA) is 122 Å². The number of hydrogen-bond acceptors (Lipinski definition) is 8. The molecule has 0 saturated carbocycles. The lowest BCUT2D eigenvalue weighted by atomic mass is 9.91. The van der Waals surface area contributed by atoms with Crippen molar-refractivity contribution in [1.29, 1.82) is 0 Å². The highest BCUT2D eigenvalue weighted by Gasteiger charge is 2.36. The van der Waals surface area contributed by atoms with E-state index in [1.807, 2.05) is 43.0 Å². The first-order valence-electron chi connectivity index (χ1n) is 14.3. The number of amides is 1. The summed E-state index contributed by atoms with van der Waals surface area (Å²) in [4.78, 5) is 17.2. The zero-order valence-corrected chi connectivity index (χ0v) is 24.7. The molecule has 1 atom stereocenters. The van der Waals surface area contributed by atoms with E-state index in [4.69, 9.17) is 14.7 Å². The summed E-state index contributed by atoms with van der Waals surface area (Å²) in [6.45, 7) is 5.34. The van der Waals surface area contributed by atoms with Crippen LogP contribution in [0.25, 0.3) is 0 Å². The summed E-state index contributed by atoms with van der Waals surface area (Å²) >= 11 is 0. The van der Waals surface area contributed by atoms with Crippen LogP contribution in [0, 0.1) is 11.6 Å². The number of aromatic nitrogens is 3. The fourth-order valence-electron chi connectivity index (χ4n) is 4.72. The molecule has 3 aromatic carbocycles. The van der Waals surface area contributed by atoms with E-state index >= 15 is 0 Å². The highest BCUT2D eigenvalue weighted by molar-refractivity contribution is 5.77. The molecule has 0 aliphatic carbocycles. The number of aliphatic hydroxyl groups is 1. The molecular formula is C32H37F2N5O5. The van der Waals surface area contributed by atoms with Crippen LogP contribution in [0.2, 0.25) is 0 Å². The molecule has 1 unspecified atom stereocenters. The normalized spacial score (nSPS) is 12.7. The Morgan fingerprint density at radius 3 is 2.18 bits per heavy atom. The second-order valence-corrected chi connectivity index (χ2v) is 10.8. The summed E-state index contributed by atoms with van der Waals surface area (Å²) in [5.41, 5.74) is 1.61. The average molecular weight is 610 g/mol. The number of hydroxylamine groups is 1. The molecule has 0 saturated heterocycles. The van der Waals surface area contributed by atoms with Crippen molar-refractivity contribution in [2.75, 3.05) is 19.8 Å². The molecule has 3 N–H and O–H groups in total. The van der Waals surface area contributed by atoms with Gasteiger partial charge in [-0.05, 0) is 55.3 Å². The second kappa shape index (κ2) is 15.4. The van der Waals surface area contributed by atoms with Gasteiger partial charge in [0.2, 0.25) is 5.91 Å². The third kappa shape index (κ3) is 9.30. The van der Waals surface area contributed by atoms with Crippen LogP contribution < -0.4 is 15.0 Å². The Labute approximate surface area is 254 Å². The number of nitrogens with one attached hydrogen (secondary N) is 1. The molecule has 0 radical (unpaired) electrons. The lowest BCUT2D eigenvalue weighted by Gasteiger charge is -2.37. The van der Waals surface area contributed by atoms with Gasteiger partial charge in [0.15, 0.2) is 0 Å². The molecule has 0 aliphatic heterocycles. The van der Waals surface area contributed by atoms with Gasteiger partial charge in [-0.25, -0.2) is 23.9 Å². The average Bonchev–Trinajstić information content (AvgIpc) is 3.50. The minimum absolute atomic E-state index is 0.00653. The second-order valence-electron chi connectivity index (χ2n) is 10.8. The Morgan fingerprint density at radius 2 is 1.64 bits per heavy atom. The molecule has 1 heterocycles. The van der Waals surface area contributed by atoms with Gasteiger partial charge >= 0.3 is 0 Å². The smallest absolute Gasteiger partial charge is 0.247 e. The molecule has 0 spiro atoms. The van der Waals surface area contributed by atoms with E-state index in [9.17, 15) is 18.7 Å². The van der Waals surface area contributed by atoms with Gasteiger partial charge in [-0.15, -0.1) is 0 Å². The molecule has 0 aliphatic rings. The molecule has 1 aromatic heterocycles. The largest absolute Gasteiger partial charge is 0.493 e. The van der Waals surface area contributed by atoms with E-state index in [2.05, 4.69) is 10.1 Å². The number of carbonyl (C=O) groups excluding carboxylic acids is 1. The van der Waals surface area contributed by atoms with Crippen molar-refractivity contribution in [1.82, 2.24) is 25.1 Å². The minimum Gasteiger partial charge on any atom is -0.493 e. The van der Waals surface area contributed by atoms with E-state index in [0.717, 1.165) is 23.3 Å². The highest BCUT2D eigenvalue weighted by Crippen LogP contribution is 2.29. The van der Waals surface area contributed by atoms with Crippen molar-refractivity contribution < 1.29 is 33.4 Å².